The molecule has 0 aliphatic carbocycles. The van der Waals surface area contributed by atoms with Gasteiger partial charge in [-0.3, -0.25) is 4.79 Å². The quantitative estimate of drug-likeness (QED) is 0.838. The molecule has 17 heavy (non-hydrogen) atoms. The molecule has 6 heteroatoms. The van der Waals surface area contributed by atoms with Crippen molar-refractivity contribution in [2.75, 3.05) is 0 Å². The van der Waals surface area contributed by atoms with Gasteiger partial charge in [0.05, 0.1) is 11.0 Å². The van der Waals surface area contributed by atoms with E-state index in [1.807, 2.05) is 22.8 Å². The molecule has 0 saturated carbocycles. The van der Waals surface area contributed by atoms with Gasteiger partial charge in [-0.05, 0) is 36.8 Å². The zero-order valence-corrected chi connectivity index (χ0v) is 10.6. The first-order valence-corrected chi connectivity index (χ1v) is 6.03. The molecule has 0 spiro atoms. The predicted molar refractivity (Wildman–Crippen MR) is 70.6 cm³/mol. The molecule has 90 valence electrons. The molecular formula is C11H12ClN3OS. The third-order valence-corrected chi connectivity index (χ3v) is 3.10. The fourth-order valence-electron chi connectivity index (χ4n) is 1.77. The highest BCUT2D eigenvalue weighted by molar-refractivity contribution is 7.71. The molecule has 1 amide bonds. The molecule has 1 aromatic heterocycles. The van der Waals surface area contributed by atoms with E-state index in [-0.39, 0.29) is 5.91 Å². The average molecular weight is 270 g/mol. The molecule has 2 rings (SSSR count). The predicted octanol–water partition coefficient (Wildman–Crippen LogP) is 2.62. The minimum atomic E-state index is -0.292. The molecule has 0 atom stereocenters. The van der Waals surface area contributed by atoms with Crippen molar-refractivity contribution in [3.8, 4) is 0 Å². The summed E-state index contributed by atoms with van der Waals surface area (Å²) in [5.41, 5.74) is 7.00. The van der Waals surface area contributed by atoms with Gasteiger partial charge in [0.2, 0.25) is 5.91 Å². The van der Waals surface area contributed by atoms with Crippen LogP contribution < -0.4 is 5.73 Å². The van der Waals surface area contributed by atoms with Gasteiger partial charge in [-0.15, -0.1) is 0 Å². The molecule has 1 aromatic carbocycles. The summed E-state index contributed by atoms with van der Waals surface area (Å²) in [5.74, 6) is -0.292. The van der Waals surface area contributed by atoms with Gasteiger partial charge in [0, 0.05) is 18.0 Å². The Labute approximate surface area is 108 Å². The Kier molecular flexibility index (Phi) is 3.49. The van der Waals surface area contributed by atoms with Crippen molar-refractivity contribution in [1.29, 1.82) is 0 Å². The van der Waals surface area contributed by atoms with Gasteiger partial charge in [0.15, 0.2) is 4.77 Å². The molecule has 0 bridgehead atoms. The standard InChI is InChI=1S/C11H12ClN3OS/c12-7-3-4-9-8(6-7)14-11(17)15(9)5-1-2-10(13)16/h3-4,6H,1-2,5H2,(H2,13,16)(H,14,17). The highest BCUT2D eigenvalue weighted by Crippen LogP contribution is 2.19. The van der Waals surface area contributed by atoms with Crippen LogP contribution in [0.1, 0.15) is 12.8 Å². The second-order valence-electron chi connectivity index (χ2n) is 3.81. The number of benzene rings is 1. The maximum atomic E-state index is 10.7. The second-order valence-corrected chi connectivity index (χ2v) is 4.64. The van der Waals surface area contributed by atoms with Crippen LogP contribution in [0.5, 0.6) is 0 Å². The summed E-state index contributed by atoms with van der Waals surface area (Å²) in [6, 6.07) is 5.56. The van der Waals surface area contributed by atoms with Crippen molar-refractivity contribution in [1.82, 2.24) is 9.55 Å². The van der Waals surface area contributed by atoms with Crippen LogP contribution in [0.3, 0.4) is 0 Å². The summed E-state index contributed by atoms with van der Waals surface area (Å²) in [6.07, 6.45) is 1.04. The van der Waals surface area contributed by atoms with Crippen molar-refractivity contribution >= 4 is 40.8 Å². The van der Waals surface area contributed by atoms with Crippen molar-refractivity contribution in [3.63, 3.8) is 0 Å². The molecule has 0 radical (unpaired) electrons. The van der Waals surface area contributed by atoms with E-state index < -0.39 is 0 Å². The molecule has 1 heterocycles. The number of nitrogens with one attached hydrogen (secondary N) is 1. The van der Waals surface area contributed by atoms with E-state index in [0.29, 0.717) is 29.2 Å². The Morgan fingerprint density at radius 1 is 1.53 bits per heavy atom. The maximum Gasteiger partial charge on any atom is 0.217 e. The topological polar surface area (TPSA) is 63.8 Å². The minimum Gasteiger partial charge on any atom is -0.370 e. The third kappa shape index (κ3) is 2.68. The largest absolute Gasteiger partial charge is 0.370 e. The first kappa shape index (κ1) is 12.1. The number of aryl methyl sites for hydroxylation is 1. The van der Waals surface area contributed by atoms with Crippen molar-refractivity contribution < 1.29 is 4.79 Å². The van der Waals surface area contributed by atoms with Crippen LogP contribution in [-0.2, 0) is 11.3 Å². The first-order chi connectivity index (χ1) is 8.08. The van der Waals surface area contributed by atoms with Crippen LogP contribution in [0.4, 0.5) is 0 Å². The molecule has 0 unspecified atom stereocenters. The van der Waals surface area contributed by atoms with Crippen molar-refractivity contribution in [2.24, 2.45) is 5.73 Å². The van der Waals surface area contributed by atoms with Gasteiger partial charge in [0.25, 0.3) is 0 Å². The van der Waals surface area contributed by atoms with E-state index in [0.717, 1.165) is 11.0 Å². The molecule has 4 nitrogen and oxygen atoms in total. The van der Waals surface area contributed by atoms with Crippen molar-refractivity contribution in [2.45, 2.75) is 19.4 Å². The second kappa shape index (κ2) is 4.89. The van der Waals surface area contributed by atoms with E-state index in [1.54, 1.807) is 0 Å². The number of rotatable bonds is 4. The number of imidazole rings is 1. The Balaban J connectivity index is 2.30. The SMILES string of the molecule is NC(=O)CCCn1c(=S)[nH]c2cc(Cl)ccc21. The highest BCUT2D eigenvalue weighted by atomic mass is 35.5. The molecule has 2 aromatic rings. The van der Waals surface area contributed by atoms with Crippen molar-refractivity contribution in [3.05, 3.63) is 28.0 Å². The average Bonchev–Trinajstić information content (AvgIpc) is 2.54. The number of nitrogens with two attached hydrogens (primary N) is 1. The van der Waals surface area contributed by atoms with E-state index in [4.69, 9.17) is 29.6 Å². The molecule has 0 saturated heterocycles. The monoisotopic (exact) mass is 269 g/mol. The number of nitrogens with zero attached hydrogens (tertiary/aromatic N) is 1. The lowest BCUT2D eigenvalue weighted by Crippen LogP contribution is -2.11. The minimum absolute atomic E-state index is 0.292. The van der Waals surface area contributed by atoms with E-state index in [2.05, 4.69) is 4.98 Å². The van der Waals surface area contributed by atoms with Gasteiger partial charge in [0.1, 0.15) is 0 Å². The smallest absolute Gasteiger partial charge is 0.217 e. The highest BCUT2D eigenvalue weighted by Gasteiger charge is 2.05. The van der Waals surface area contributed by atoms with Gasteiger partial charge >= 0.3 is 0 Å². The zero-order valence-electron chi connectivity index (χ0n) is 9.07. The number of aromatic amines is 1. The summed E-state index contributed by atoms with van der Waals surface area (Å²) in [5, 5.41) is 0.665. The van der Waals surface area contributed by atoms with E-state index >= 15 is 0 Å². The van der Waals surface area contributed by atoms with Crippen LogP contribution in [0.2, 0.25) is 5.02 Å². The summed E-state index contributed by atoms with van der Waals surface area (Å²) >= 11 is 11.1. The van der Waals surface area contributed by atoms with Gasteiger partial charge in [-0.25, -0.2) is 0 Å². The van der Waals surface area contributed by atoms with E-state index in [9.17, 15) is 4.79 Å². The van der Waals surface area contributed by atoms with Crippen LogP contribution in [0.25, 0.3) is 11.0 Å². The number of carbonyl (C=O) groups is 1. The number of hydrogen-bond acceptors (Lipinski definition) is 2. The van der Waals surface area contributed by atoms with Gasteiger partial charge < -0.3 is 15.3 Å². The summed E-state index contributed by atoms with van der Waals surface area (Å²) in [4.78, 5) is 13.8. The summed E-state index contributed by atoms with van der Waals surface area (Å²) in [6.45, 7) is 0.670. The number of H-pyrrole nitrogens is 1. The van der Waals surface area contributed by atoms with Gasteiger partial charge in [-0.2, -0.15) is 0 Å². The number of primary amides is 1. The number of carbonyl (C=O) groups excluding carboxylic acids is 1. The molecular weight excluding hydrogens is 258 g/mol. The normalized spacial score (nSPS) is 10.9. The number of hydrogen-bond donors (Lipinski definition) is 2. The fourth-order valence-corrected chi connectivity index (χ4v) is 2.24. The third-order valence-electron chi connectivity index (χ3n) is 2.54. The lowest BCUT2D eigenvalue weighted by Gasteiger charge is -2.03. The van der Waals surface area contributed by atoms with Crippen LogP contribution in [-0.4, -0.2) is 15.5 Å². The molecule has 0 aliphatic rings. The summed E-state index contributed by atoms with van der Waals surface area (Å²) in [7, 11) is 0. The van der Waals surface area contributed by atoms with Crippen LogP contribution in [0, 0.1) is 4.77 Å². The zero-order chi connectivity index (χ0) is 12.4. The number of aromatic nitrogens is 2. The number of amides is 1. The Morgan fingerprint density at radius 3 is 3.00 bits per heavy atom. The Bertz CT molecular complexity index is 617. The summed E-state index contributed by atoms with van der Waals surface area (Å²) < 4.78 is 2.58. The van der Waals surface area contributed by atoms with Crippen LogP contribution >= 0.6 is 23.8 Å². The van der Waals surface area contributed by atoms with Crippen LogP contribution in [0.15, 0.2) is 18.2 Å². The lowest BCUT2D eigenvalue weighted by molar-refractivity contribution is -0.118. The molecule has 0 fully saturated rings. The fraction of sp³-hybridized carbons (Fsp3) is 0.273. The molecule has 0 aliphatic heterocycles. The van der Waals surface area contributed by atoms with E-state index in [1.165, 1.54) is 0 Å². The molecule has 3 N–H and O–H groups in total. The maximum absolute atomic E-state index is 10.7. The Hall–Kier alpha value is -1.33. The lowest BCUT2D eigenvalue weighted by atomic mass is 10.3. The number of halogens is 1. The number of fused-ring (bicyclic) bond motifs is 1. The Morgan fingerprint density at radius 2 is 2.29 bits per heavy atom. The first-order valence-electron chi connectivity index (χ1n) is 5.24. The van der Waals surface area contributed by atoms with Gasteiger partial charge in [-0.1, -0.05) is 11.6 Å².